The van der Waals surface area contributed by atoms with Gasteiger partial charge < -0.3 is 4.57 Å². The maximum absolute atomic E-state index is 2.53. The Morgan fingerprint density at radius 1 is 0.467 bits per heavy atom. The van der Waals surface area contributed by atoms with Crippen LogP contribution >= 0.6 is 0 Å². The van der Waals surface area contributed by atoms with Crippen LogP contribution in [0.1, 0.15) is 52.7 Å². The lowest BCUT2D eigenvalue weighted by Crippen LogP contribution is -2.19. The molecular weight excluding hydrogens is 546 g/mol. The van der Waals surface area contributed by atoms with Gasteiger partial charge in [-0.3, -0.25) is 4.52 Å². The molecule has 2 aliphatic rings. The molecule has 1 aromatic heterocycles. The number of hydrogen-bond donors (Lipinski definition) is 0. The number of para-hydroxylation sites is 2. The minimum absolute atomic E-state index is 0.00869. The number of hydrogen-bond acceptors (Lipinski definition) is 0. The maximum atomic E-state index is 2.53. The monoisotopic (exact) mass is 583 g/mol. The molecule has 0 amide bonds. The van der Waals surface area contributed by atoms with E-state index in [0.717, 1.165) is 0 Å². The third-order valence-electron chi connectivity index (χ3n) is 9.84. The molecule has 6 aromatic carbocycles. The summed E-state index contributed by atoms with van der Waals surface area (Å²) in [6.07, 6.45) is 2.23. The van der Waals surface area contributed by atoms with Crippen molar-refractivity contribution >= 4 is 59.8 Å². The Morgan fingerprint density at radius 2 is 1.07 bits per heavy atom. The van der Waals surface area contributed by atoms with Gasteiger partial charge >= 0.3 is 0 Å². The molecular formula is C42H37N3. The Kier molecular flexibility index (Phi) is 5.15. The SMILES string of the molecule is CC(C)(C)c1cc(-n2c3cccc4c3-n(c3cc5cc6ccccc6cc5cc32)n2ccc3cccc4c32)cc(C(C)(C)C)c1. The van der Waals surface area contributed by atoms with Crippen LogP contribution in [0, 0.1) is 0 Å². The fourth-order valence-electron chi connectivity index (χ4n) is 7.39. The summed E-state index contributed by atoms with van der Waals surface area (Å²) in [4.78, 5) is 0. The topological polar surface area (TPSA) is 14.3 Å². The summed E-state index contributed by atoms with van der Waals surface area (Å²) >= 11 is 0. The summed E-state index contributed by atoms with van der Waals surface area (Å²) in [7, 11) is 0. The van der Waals surface area contributed by atoms with Crippen LogP contribution in [0.15, 0.2) is 115 Å². The highest BCUT2D eigenvalue weighted by atomic mass is 15.4. The molecule has 45 heavy (non-hydrogen) atoms. The van der Waals surface area contributed by atoms with Crippen LogP contribution in [0.5, 0.6) is 0 Å². The highest BCUT2D eigenvalue weighted by Crippen LogP contribution is 2.41. The summed E-state index contributed by atoms with van der Waals surface area (Å²) in [5.41, 5.74) is 9.97. The van der Waals surface area contributed by atoms with E-state index in [2.05, 4.69) is 171 Å². The lowest BCUT2D eigenvalue weighted by molar-refractivity contribution is 0.568. The molecule has 0 N–H and O–H groups in total. The Morgan fingerprint density at radius 3 is 1.73 bits per heavy atom. The highest BCUT2D eigenvalue weighted by Gasteiger charge is 2.25. The first-order valence-corrected chi connectivity index (χ1v) is 16.0. The van der Waals surface area contributed by atoms with Gasteiger partial charge in [-0.25, -0.2) is 4.68 Å². The largest absolute Gasteiger partial charge is 0.306 e. The minimum Gasteiger partial charge on any atom is -0.306 e. The molecule has 0 spiro atoms. The van der Waals surface area contributed by atoms with E-state index in [0.29, 0.717) is 0 Å². The molecule has 0 aliphatic carbocycles. The van der Waals surface area contributed by atoms with Crippen molar-refractivity contribution in [3.05, 3.63) is 127 Å². The van der Waals surface area contributed by atoms with Crippen LogP contribution in [0.4, 0.5) is 0 Å². The lowest BCUT2D eigenvalue weighted by atomic mass is 9.80. The third-order valence-corrected chi connectivity index (χ3v) is 9.84. The molecule has 0 fully saturated rings. The van der Waals surface area contributed by atoms with Crippen molar-refractivity contribution in [3.63, 3.8) is 0 Å². The standard InChI is InChI=1S/C42H37N3/c1-41(2,3)31-23-32(42(4,5)6)25-33(24-31)44-36-16-10-15-35-34-14-9-13-26-17-18-43(39(26)34)45(40(35)36)38-22-30-20-28-12-8-7-11-27(28)19-29(30)21-37(38)44/h7-25H,1-6H3. The summed E-state index contributed by atoms with van der Waals surface area (Å²) in [6.45, 7) is 13.9. The van der Waals surface area contributed by atoms with Gasteiger partial charge in [-0.15, -0.1) is 0 Å². The number of fused-ring (bicyclic) bond motifs is 6. The summed E-state index contributed by atoms with van der Waals surface area (Å²) in [5.74, 6) is 0. The second-order valence-electron chi connectivity index (χ2n) is 14.9. The first-order valence-electron chi connectivity index (χ1n) is 16.0. The smallest absolute Gasteiger partial charge is 0.0957 e. The number of aromatic nitrogens is 3. The minimum atomic E-state index is 0.00869. The fraction of sp³-hybridized carbons (Fsp3) is 0.190. The zero-order chi connectivity index (χ0) is 30.8. The normalized spacial score (nSPS) is 13.1. The Labute approximate surface area is 263 Å². The van der Waals surface area contributed by atoms with E-state index in [1.165, 1.54) is 82.3 Å². The molecule has 3 heterocycles. The Bertz CT molecular complexity index is 2570. The van der Waals surface area contributed by atoms with Gasteiger partial charge in [0.05, 0.1) is 27.8 Å². The van der Waals surface area contributed by atoms with Crippen molar-refractivity contribution in [3.8, 4) is 11.4 Å². The average molecular weight is 584 g/mol. The van der Waals surface area contributed by atoms with E-state index in [1.54, 1.807) is 0 Å². The number of rotatable bonds is 1. The highest BCUT2D eigenvalue weighted by molar-refractivity contribution is 6.13. The summed E-state index contributed by atoms with van der Waals surface area (Å²) in [5, 5.41) is 8.82. The quantitative estimate of drug-likeness (QED) is 0.135. The molecule has 0 unspecified atom stereocenters. The summed E-state index contributed by atoms with van der Waals surface area (Å²) < 4.78 is 7.35. The molecule has 7 aromatic rings. The molecule has 2 aliphatic heterocycles. The molecule has 0 saturated carbocycles. The molecule has 3 nitrogen and oxygen atoms in total. The maximum Gasteiger partial charge on any atom is 0.0957 e. The van der Waals surface area contributed by atoms with Crippen molar-refractivity contribution in [2.45, 2.75) is 52.4 Å². The van der Waals surface area contributed by atoms with Crippen LogP contribution < -0.4 is 0 Å². The van der Waals surface area contributed by atoms with E-state index < -0.39 is 0 Å². The van der Waals surface area contributed by atoms with Crippen molar-refractivity contribution in [2.24, 2.45) is 0 Å². The molecule has 0 atom stereocenters. The van der Waals surface area contributed by atoms with Crippen molar-refractivity contribution < 1.29 is 0 Å². The van der Waals surface area contributed by atoms with E-state index in [4.69, 9.17) is 0 Å². The van der Waals surface area contributed by atoms with Gasteiger partial charge in [-0.2, -0.15) is 0 Å². The lowest BCUT2D eigenvalue weighted by Gasteiger charge is -2.30. The van der Waals surface area contributed by atoms with E-state index in [-0.39, 0.29) is 10.8 Å². The number of benzene rings is 6. The average Bonchev–Trinajstić information content (AvgIpc) is 3.45. The zero-order valence-electron chi connectivity index (χ0n) is 26.8. The fourth-order valence-corrected chi connectivity index (χ4v) is 7.39. The molecule has 0 saturated heterocycles. The molecule has 9 rings (SSSR count). The van der Waals surface area contributed by atoms with E-state index >= 15 is 0 Å². The van der Waals surface area contributed by atoms with E-state index in [9.17, 15) is 0 Å². The van der Waals surface area contributed by atoms with E-state index in [1.807, 2.05) is 0 Å². The van der Waals surface area contributed by atoms with Crippen molar-refractivity contribution in [1.29, 1.82) is 0 Å². The molecule has 220 valence electrons. The first-order chi connectivity index (χ1) is 21.6. The van der Waals surface area contributed by atoms with Crippen LogP contribution in [0.3, 0.4) is 0 Å². The molecule has 3 heteroatoms. The molecule has 0 radical (unpaired) electrons. The summed E-state index contributed by atoms with van der Waals surface area (Å²) in [6, 6.07) is 41.2. The zero-order valence-corrected chi connectivity index (χ0v) is 26.8. The third kappa shape index (κ3) is 3.77. The van der Waals surface area contributed by atoms with Gasteiger partial charge in [0.2, 0.25) is 0 Å². The second kappa shape index (κ2) is 8.79. The van der Waals surface area contributed by atoms with Crippen molar-refractivity contribution in [2.75, 3.05) is 0 Å². The first kappa shape index (κ1) is 26.4. The van der Waals surface area contributed by atoms with Gasteiger partial charge in [0.25, 0.3) is 0 Å². The van der Waals surface area contributed by atoms with Gasteiger partial charge in [-0.1, -0.05) is 102 Å². The van der Waals surface area contributed by atoms with Crippen LogP contribution in [0.25, 0.3) is 71.1 Å². The van der Waals surface area contributed by atoms with Crippen LogP contribution in [-0.4, -0.2) is 13.8 Å². The van der Waals surface area contributed by atoms with Gasteiger partial charge in [0.1, 0.15) is 0 Å². The Balaban J connectivity index is 1.55. The van der Waals surface area contributed by atoms with Crippen molar-refractivity contribution in [1.82, 2.24) is 13.8 Å². The van der Waals surface area contributed by atoms with Gasteiger partial charge in [-0.05, 0) is 92.0 Å². The second-order valence-corrected chi connectivity index (χ2v) is 14.9. The number of nitrogens with zero attached hydrogens (tertiary/aromatic N) is 3. The van der Waals surface area contributed by atoms with Crippen LogP contribution in [-0.2, 0) is 10.8 Å². The molecule has 0 bridgehead atoms. The van der Waals surface area contributed by atoms with Gasteiger partial charge in [0.15, 0.2) is 0 Å². The predicted molar refractivity (Wildman–Crippen MR) is 192 cm³/mol. The Hall–Kier alpha value is -5.02. The predicted octanol–water partition coefficient (Wildman–Crippen LogP) is 11.3. The van der Waals surface area contributed by atoms with Gasteiger partial charge in [0, 0.05) is 28.0 Å². The van der Waals surface area contributed by atoms with Crippen LogP contribution in [0.2, 0.25) is 0 Å².